The number of nitrogens with zero attached hydrogens (tertiary/aromatic N) is 1. The van der Waals surface area contributed by atoms with Crippen LogP contribution < -0.4 is 5.73 Å². The second-order valence-electron chi connectivity index (χ2n) is 4.37. The van der Waals surface area contributed by atoms with Gasteiger partial charge in [-0.05, 0) is 46.9 Å². The molecule has 0 aliphatic heterocycles. The largest absolute Gasteiger partial charge is 0.367 e. The minimum atomic E-state index is -0.290. The third-order valence-electron chi connectivity index (χ3n) is 3.05. The Hall–Kier alpha value is -1.41. The first-order valence-corrected chi connectivity index (χ1v) is 7.90. The average molecular weight is 459 g/mol. The van der Waals surface area contributed by atoms with Crippen LogP contribution in [0.2, 0.25) is 0 Å². The Morgan fingerprint density at radius 1 is 1.14 bits per heavy atom. The van der Waals surface area contributed by atoms with E-state index in [0.29, 0.717) is 11.3 Å². The molecule has 6 heteroatoms. The molecule has 106 valence electrons. The van der Waals surface area contributed by atoms with Gasteiger partial charge in [0.15, 0.2) is 0 Å². The van der Waals surface area contributed by atoms with E-state index in [9.17, 15) is 4.39 Å². The summed E-state index contributed by atoms with van der Waals surface area (Å²) in [7, 11) is 0. The summed E-state index contributed by atoms with van der Waals surface area (Å²) in [6.07, 6.45) is 0. The van der Waals surface area contributed by atoms with Crippen LogP contribution in [-0.4, -0.2) is 5.16 Å². The number of rotatable bonds is 2. The monoisotopic (exact) mass is 458 g/mol. The molecule has 0 aliphatic carbocycles. The van der Waals surface area contributed by atoms with Gasteiger partial charge in [-0.2, -0.15) is 0 Å². The smallest absolute Gasteiger partial charge is 0.230 e. The molecule has 0 radical (unpaired) electrons. The van der Waals surface area contributed by atoms with Gasteiger partial charge in [0.2, 0.25) is 5.88 Å². The first-order chi connectivity index (χ1) is 10.1. The molecule has 0 bridgehead atoms. The minimum absolute atomic E-state index is 0.233. The van der Waals surface area contributed by atoms with Crippen LogP contribution >= 0.6 is 38.5 Å². The molecule has 0 unspecified atom stereocenters. The summed E-state index contributed by atoms with van der Waals surface area (Å²) < 4.78 is 20.1. The Morgan fingerprint density at radius 3 is 2.62 bits per heavy atom. The molecular formula is C15H9BrFIN2O. The van der Waals surface area contributed by atoms with E-state index in [1.807, 2.05) is 24.3 Å². The van der Waals surface area contributed by atoms with Gasteiger partial charge in [-0.15, -0.1) is 0 Å². The van der Waals surface area contributed by atoms with E-state index in [2.05, 4.69) is 43.7 Å². The van der Waals surface area contributed by atoms with Crippen LogP contribution in [0.3, 0.4) is 0 Å². The highest BCUT2D eigenvalue weighted by Crippen LogP contribution is 2.40. The zero-order valence-electron chi connectivity index (χ0n) is 10.6. The summed E-state index contributed by atoms with van der Waals surface area (Å²) in [5.74, 6) is -0.0564. The summed E-state index contributed by atoms with van der Waals surface area (Å²) >= 11 is 5.57. The lowest BCUT2D eigenvalue weighted by Gasteiger charge is -2.06. The topological polar surface area (TPSA) is 52.0 Å². The molecule has 3 rings (SSSR count). The Bertz CT molecular complexity index is 819. The molecule has 3 nitrogen and oxygen atoms in total. The van der Waals surface area contributed by atoms with E-state index in [0.717, 1.165) is 19.2 Å². The van der Waals surface area contributed by atoms with Crippen LogP contribution in [0.25, 0.3) is 22.4 Å². The number of hydrogen-bond donors (Lipinski definition) is 1. The van der Waals surface area contributed by atoms with Crippen LogP contribution in [0.1, 0.15) is 0 Å². The van der Waals surface area contributed by atoms with Crippen molar-refractivity contribution in [3.05, 3.63) is 56.3 Å². The molecule has 21 heavy (non-hydrogen) atoms. The van der Waals surface area contributed by atoms with Crippen LogP contribution in [0, 0.1) is 9.39 Å². The molecule has 0 atom stereocenters. The Balaban J connectivity index is 2.25. The van der Waals surface area contributed by atoms with Gasteiger partial charge in [0.1, 0.15) is 11.5 Å². The van der Waals surface area contributed by atoms with Gasteiger partial charge in [0, 0.05) is 19.2 Å². The highest BCUT2D eigenvalue weighted by atomic mass is 127. The van der Waals surface area contributed by atoms with Crippen molar-refractivity contribution >= 4 is 44.4 Å². The molecule has 0 saturated heterocycles. The maximum atomic E-state index is 13.3. The maximum Gasteiger partial charge on any atom is 0.230 e. The summed E-state index contributed by atoms with van der Waals surface area (Å²) in [6.45, 7) is 0. The third kappa shape index (κ3) is 2.69. The molecule has 1 aromatic heterocycles. The average Bonchev–Trinajstić information content (AvgIpc) is 2.81. The number of benzene rings is 2. The van der Waals surface area contributed by atoms with Crippen molar-refractivity contribution in [2.75, 3.05) is 5.73 Å². The molecule has 0 spiro atoms. The number of anilines is 1. The molecule has 2 aromatic carbocycles. The van der Waals surface area contributed by atoms with Gasteiger partial charge in [-0.25, -0.2) is 4.39 Å². The predicted octanol–water partition coefficient (Wildman–Crippen LogP) is 5.10. The summed E-state index contributed by atoms with van der Waals surface area (Å²) in [6, 6.07) is 12.2. The second-order valence-corrected chi connectivity index (χ2v) is 6.39. The summed E-state index contributed by atoms with van der Waals surface area (Å²) in [4.78, 5) is 0. The standard InChI is InChI=1S/C15H9BrFIN2O/c16-11-4-2-1-3-9(11)13-14(20-21-15(13)19)10-6-5-8(17)7-12(10)18/h1-7H,19H2. The lowest BCUT2D eigenvalue weighted by Crippen LogP contribution is -1.91. The molecule has 0 saturated carbocycles. The number of nitrogens with two attached hydrogens (primary N) is 1. The van der Waals surface area contributed by atoms with Gasteiger partial charge in [0.05, 0.1) is 5.56 Å². The van der Waals surface area contributed by atoms with Gasteiger partial charge in [-0.1, -0.05) is 39.3 Å². The summed E-state index contributed by atoms with van der Waals surface area (Å²) in [5, 5.41) is 4.05. The van der Waals surface area contributed by atoms with Gasteiger partial charge >= 0.3 is 0 Å². The van der Waals surface area contributed by atoms with Crippen LogP contribution in [0.15, 0.2) is 51.5 Å². The summed E-state index contributed by atoms with van der Waals surface area (Å²) in [5.41, 5.74) is 8.90. The Kier molecular flexibility index (Phi) is 3.99. The van der Waals surface area contributed by atoms with E-state index in [1.54, 1.807) is 6.07 Å². The number of nitrogen functional groups attached to an aromatic ring is 1. The molecule has 0 amide bonds. The normalized spacial score (nSPS) is 10.8. The number of hydrogen-bond acceptors (Lipinski definition) is 3. The lowest BCUT2D eigenvalue weighted by molar-refractivity contribution is 0.439. The lowest BCUT2D eigenvalue weighted by atomic mass is 10.0. The molecule has 2 N–H and O–H groups in total. The van der Waals surface area contributed by atoms with Gasteiger partial charge in [-0.3, -0.25) is 0 Å². The first-order valence-electron chi connectivity index (χ1n) is 6.03. The quantitative estimate of drug-likeness (QED) is 0.543. The van der Waals surface area contributed by atoms with E-state index < -0.39 is 0 Å². The van der Waals surface area contributed by atoms with Crippen LogP contribution in [-0.2, 0) is 0 Å². The van der Waals surface area contributed by atoms with Crippen molar-refractivity contribution < 1.29 is 8.91 Å². The molecule has 3 aromatic rings. The van der Waals surface area contributed by atoms with E-state index >= 15 is 0 Å². The Labute approximate surface area is 142 Å². The van der Waals surface area contributed by atoms with E-state index in [1.165, 1.54) is 12.1 Å². The fourth-order valence-corrected chi connectivity index (χ4v) is 3.31. The maximum absolute atomic E-state index is 13.3. The van der Waals surface area contributed by atoms with Crippen molar-refractivity contribution in [1.82, 2.24) is 5.16 Å². The third-order valence-corrected chi connectivity index (χ3v) is 4.63. The van der Waals surface area contributed by atoms with Crippen molar-refractivity contribution in [3.8, 4) is 22.4 Å². The van der Waals surface area contributed by atoms with Crippen molar-refractivity contribution in [3.63, 3.8) is 0 Å². The van der Waals surface area contributed by atoms with Crippen molar-refractivity contribution in [2.45, 2.75) is 0 Å². The van der Waals surface area contributed by atoms with Crippen molar-refractivity contribution in [1.29, 1.82) is 0 Å². The minimum Gasteiger partial charge on any atom is -0.367 e. The molecule has 1 heterocycles. The first kappa shape index (κ1) is 14.5. The van der Waals surface area contributed by atoms with Crippen LogP contribution in [0.4, 0.5) is 10.3 Å². The van der Waals surface area contributed by atoms with E-state index in [4.69, 9.17) is 10.3 Å². The van der Waals surface area contributed by atoms with Gasteiger partial charge in [0.25, 0.3) is 0 Å². The molecule has 0 aliphatic rings. The highest BCUT2D eigenvalue weighted by molar-refractivity contribution is 14.1. The zero-order chi connectivity index (χ0) is 15.0. The van der Waals surface area contributed by atoms with Crippen LogP contribution in [0.5, 0.6) is 0 Å². The fourth-order valence-electron chi connectivity index (χ4n) is 2.09. The SMILES string of the molecule is Nc1onc(-c2ccc(F)cc2I)c1-c1ccccc1Br. The fraction of sp³-hybridized carbons (Fsp3) is 0. The second kappa shape index (κ2) is 5.76. The molecular weight excluding hydrogens is 450 g/mol. The number of aromatic nitrogens is 1. The highest BCUT2D eigenvalue weighted by Gasteiger charge is 2.20. The molecule has 0 fully saturated rings. The zero-order valence-corrected chi connectivity index (χ0v) is 14.4. The predicted molar refractivity (Wildman–Crippen MR) is 92.2 cm³/mol. The van der Waals surface area contributed by atoms with E-state index in [-0.39, 0.29) is 11.7 Å². The van der Waals surface area contributed by atoms with Crippen molar-refractivity contribution in [2.24, 2.45) is 0 Å². The Morgan fingerprint density at radius 2 is 1.90 bits per heavy atom. The number of halogens is 3. The van der Waals surface area contributed by atoms with Gasteiger partial charge < -0.3 is 10.3 Å².